The van der Waals surface area contributed by atoms with Crippen LogP contribution in [0.3, 0.4) is 0 Å². The molecule has 3 rings (SSSR count). The van der Waals surface area contributed by atoms with E-state index in [0.29, 0.717) is 24.1 Å². The Kier molecular flexibility index (Phi) is 6.08. The summed E-state index contributed by atoms with van der Waals surface area (Å²) in [6, 6.07) is 7.73. The van der Waals surface area contributed by atoms with Crippen LogP contribution >= 0.6 is 0 Å². The largest absolute Gasteiger partial charge is 0.368 e. The summed E-state index contributed by atoms with van der Waals surface area (Å²) in [6.45, 7) is 2.77. The Balaban J connectivity index is 1.38. The van der Waals surface area contributed by atoms with Gasteiger partial charge in [0.05, 0.1) is 6.10 Å². The van der Waals surface area contributed by atoms with Gasteiger partial charge in [-0.25, -0.2) is 0 Å². The molecule has 2 amide bonds. The molecule has 0 bridgehead atoms. The number of carbonyl (C=O) groups is 2. The smallest absolute Gasteiger partial charge is 0.251 e. The summed E-state index contributed by atoms with van der Waals surface area (Å²) < 4.78 is 5.77. The van der Waals surface area contributed by atoms with Gasteiger partial charge in [-0.2, -0.15) is 0 Å². The van der Waals surface area contributed by atoms with Gasteiger partial charge in [0.15, 0.2) is 0 Å². The zero-order valence-corrected chi connectivity index (χ0v) is 14.9. The zero-order valence-electron chi connectivity index (χ0n) is 14.9. The molecule has 25 heavy (non-hydrogen) atoms. The van der Waals surface area contributed by atoms with Crippen LogP contribution in [0, 0.1) is 5.92 Å². The molecule has 0 saturated heterocycles. The molecular weight excluding hydrogens is 316 g/mol. The van der Waals surface area contributed by atoms with E-state index < -0.39 is 0 Å². The lowest BCUT2D eigenvalue weighted by Crippen LogP contribution is -2.32. The maximum atomic E-state index is 12.0. The van der Waals surface area contributed by atoms with Gasteiger partial charge in [0.2, 0.25) is 5.91 Å². The maximum absolute atomic E-state index is 12.0. The first-order chi connectivity index (χ1) is 12.1. The normalized spacial score (nSPS) is 23.1. The highest BCUT2D eigenvalue weighted by Crippen LogP contribution is 2.26. The van der Waals surface area contributed by atoms with Gasteiger partial charge in [0.1, 0.15) is 6.61 Å². The third-order valence-corrected chi connectivity index (χ3v) is 5.08. The third kappa shape index (κ3) is 5.56. The highest BCUT2D eigenvalue weighted by atomic mass is 16.5. The van der Waals surface area contributed by atoms with E-state index in [9.17, 15) is 9.59 Å². The average molecular weight is 344 g/mol. The highest BCUT2D eigenvalue weighted by molar-refractivity contribution is 5.94. The number of hydrogen-bond donors (Lipinski definition) is 2. The summed E-state index contributed by atoms with van der Waals surface area (Å²) in [5.41, 5.74) is 1.64. The van der Waals surface area contributed by atoms with E-state index in [4.69, 9.17) is 4.74 Å². The van der Waals surface area contributed by atoms with Crippen LogP contribution in [0.25, 0.3) is 0 Å². The van der Waals surface area contributed by atoms with Gasteiger partial charge in [0, 0.05) is 18.2 Å². The molecule has 2 aliphatic carbocycles. The minimum absolute atomic E-state index is 0.0203. The fourth-order valence-corrected chi connectivity index (χ4v) is 3.23. The average Bonchev–Trinajstić information content (AvgIpc) is 3.43. The topological polar surface area (TPSA) is 67.4 Å². The molecule has 1 aromatic carbocycles. The van der Waals surface area contributed by atoms with Crippen LogP contribution in [-0.2, 0) is 16.1 Å². The molecule has 2 N–H and O–H groups in total. The van der Waals surface area contributed by atoms with E-state index in [1.807, 2.05) is 12.1 Å². The quantitative estimate of drug-likeness (QED) is 0.799. The molecule has 2 atom stereocenters. The Bertz CT molecular complexity index is 595. The maximum Gasteiger partial charge on any atom is 0.251 e. The number of hydrogen-bond acceptors (Lipinski definition) is 3. The second-order valence-electron chi connectivity index (χ2n) is 7.33. The van der Waals surface area contributed by atoms with Gasteiger partial charge in [0.25, 0.3) is 5.91 Å². The molecular formula is C20H28N2O3. The van der Waals surface area contributed by atoms with Crippen molar-refractivity contribution in [2.45, 2.75) is 64.1 Å². The van der Waals surface area contributed by atoms with Gasteiger partial charge in [-0.1, -0.05) is 31.9 Å². The van der Waals surface area contributed by atoms with E-state index in [2.05, 4.69) is 17.6 Å². The van der Waals surface area contributed by atoms with Crippen molar-refractivity contribution >= 4 is 11.8 Å². The van der Waals surface area contributed by atoms with Crippen molar-refractivity contribution in [1.29, 1.82) is 0 Å². The van der Waals surface area contributed by atoms with Crippen molar-refractivity contribution in [3.63, 3.8) is 0 Å². The molecule has 0 radical (unpaired) electrons. The van der Waals surface area contributed by atoms with Crippen LogP contribution in [0.4, 0.5) is 0 Å². The van der Waals surface area contributed by atoms with E-state index >= 15 is 0 Å². The van der Waals surface area contributed by atoms with Crippen molar-refractivity contribution < 1.29 is 14.3 Å². The summed E-state index contributed by atoms with van der Waals surface area (Å²) in [6.07, 6.45) is 7.07. The zero-order chi connectivity index (χ0) is 17.6. The minimum atomic E-state index is -0.0895. The second-order valence-corrected chi connectivity index (χ2v) is 7.33. The van der Waals surface area contributed by atoms with Crippen molar-refractivity contribution in [1.82, 2.24) is 10.6 Å². The predicted octanol–water partition coefficient (Wildman–Crippen LogP) is 2.79. The van der Waals surface area contributed by atoms with Crippen molar-refractivity contribution in [3.8, 4) is 0 Å². The van der Waals surface area contributed by atoms with Crippen LogP contribution in [0.2, 0.25) is 0 Å². The Morgan fingerprint density at radius 3 is 2.48 bits per heavy atom. The van der Waals surface area contributed by atoms with Crippen LogP contribution in [-0.4, -0.2) is 30.6 Å². The van der Waals surface area contributed by atoms with Crippen molar-refractivity contribution in [2.75, 3.05) is 6.61 Å². The molecule has 0 spiro atoms. The Morgan fingerprint density at radius 1 is 1.08 bits per heavy atom. The molecule has 136 valence electrons. The van der Waals surface area contributed by atoms with E-state index in [1.54, 1.807) is 12.1 Å². The van der Waals surface area contributed by atoms with Crippen LogP contribution in [0.15, 0.2) is 24.3 Å². The van der Waals surface area contributed by atoms with Crippen LogP contribution in [0.1, 0.15) is 61.4 Å². The van der Waals surface area contributed by atoms with Crippen LogP contribution in [0.5, 0.6) is 0 Å². The standard InChI is InChI=1S/C20H28N2O3/c1-14-4-2-3-5-18(14)25-13-19(23)21-12-15-6-8-16(9-7-15)20(24)22-17-10-11-17/h6-9,14,17-18H,2-5,10-13H2,1H3,(H,21,23)(H,22,24)/t14-,18-/m1/s1. The van der Waals surface area contributed by atoms with Gasteiger partial charge < -0.3 is 15.4 Å². The number of ether oxygens (including phenoxy) is 1. The molecule has 0 aliphatic heterocycles. The van der Waals surface area contributed by atoms with Gasteiger partial charge in [-0.3, -0.25) is 9.59 Å². The lowest BCUT2D eigenvalue weighted by Gasteiger charge is -2.28. The lowest BCUT2D eigenvalue weighted by atomic mass is 9.88. The lowest BCUT2D eigenvalue weighted by molar-refractivity contribution is -0.129. The molecule has 2 fully saturated rings. The SMILES string of the molecule is C[C@@H]1CCCC[C@H]1OCC(=O)NCc1ccc(C(=O)NC2CC2)cc1. The molecule has 1 aromatic rings. The molecule has 0 heterocycles. The van der Waals surface area contributed by atoms with Gasteiger partial charge in [-0.05, 0) is 49.3 Å². The molecule has 0 unspecified atom stereocenters. The minimum Gasteiger partial charge on any atom is -0.368 e. The number of carbonyl (C=O) groups excluding carboxylic acids is 2. The monoisotopic (exact) mass is 344 g/mol. The third-order valence-electron chi connectivity index (χ3n) is 5.08. The number of nitrogens with one attached hydrogen (secondary N) is 2. The van der Waals surface area contributed by atoms with E-state index in [0.717, 1.165) is 24.8 Å². The van der Waals surface area contributed by atoms with Gasteiger partial charge in [-0.15, -0.1) is 0 Å². The summed E-state index contributed by atoms with van der Waals surface area (Å²) in [5, 5.41) is 5.85. The Labute approximate surface area is 149 Å². The van der Waals surface area contributed by atoms with Crippen molar-refractivity contribution in [3.05, 3.63) is 35.4 Å². The van der Waals surface area contributed by atoms with Gasteiger partial charge >= 0.3 is 0 Å². The second kappa shape index (κ2) is 8.48. The highest BCUT2D eigenvalue weighted by Gasteiger charge is 2.24. The fraction of sp³-hybridized carbons (Fsp3) is 0.600. The number of benzene rings is 1. The summed E-state index contributed by atoms with van der Waals surface area (Å²) >= 11 is 0. The molecule has 5 heteroatoms. The first kappa shape index (κ1) is 17.9. The Hall–Kier alpha value is -1.88. The van der Waals surface area contributed by atoms with Crippen LogP contribution < -0.4 is 10.6 Å². The Morgan fingerprint density at radius 2 is 1.80 bits per heavy atom. The first-order valence-corrected chi connectivity index (χ1v) is 9.40. The molecule has 0 aromatic heterocycles. The van der Waals surface area contributed by atoms with Crippen molar-refractivity contribution in [2.24, 2.45) is 5.92 Å². The molecule has 2 aliphatic rings. The number of amides is 2. The molecule has 5 nitrogen and oxygen atoms in total. The summed E-state index contributed by atoms with van der Waals surface area (Å²) in [7, 11) is 0. The first-order valence-electron chi connectivity index (χ1n) is 9.40. The fourth-order valence-electron chi connectivity index (χ4n) is 3.23. The summed E-state index contributed by atoms with van der Waals surface area (Å²) in [4.78, 5) is 23.9. The van der Waals surface area contributed by atoms with E-state index in [1.165, 1.54) is 19.3 Å². The summed E-state index contributed by atoms with van der Waals surface area (Å²) in [5.74, 6) is 0.428. The molecule has 2 saturated carbocycles. The number of rotatable bonds is 7. The predicted molar refractivity (Wildman–Crippen MR) is 96.1 cm³/mol. The van der Waals surface area contributed by atoms with E-state index in [-0.39, 0.29) is 24.5 Å².